The second kappa shape index (κ2) is 7.82. The lowest BCUT2D eigenvalue weighted by molar-refractivity contribution is -0.129. The number of hydrogen-bond donors (Lipinski definition) is 1. The molecule has 120 valence electrons. The highest BCUT2D eigenvalue weighted by molar-refractivity contribution is 5.93. The van der Waals surface area contributed by atoms with Crippen LogP contribution in [0.1, 0.15) is 44.6 Å². The number of hydrogen-bond acceptors (Lipinski definition) is 4. The lowest BCUT2D eigenvalue weighted by Crippen LogP contribution is -2.28. The molecule has 1 aliphatic carbocycles. The monoisotopic (exact) mass is 305 g/mol. The van der Waals surface area contributed by atoms with E-state index in [9.17, 15) is 9.59 Å². The van der Waals surface area contributed by atoms with Crippen molar-refractivity contribution < 1.29 is 19.1 Å². The zero-order valence-electron chi connectivity index (χ0n) is 13.2. The molecule has 5 nitrogen and oxygen atoms in total. The first kappa shape index (κ1) is 16.3. The summed E-state index contributed by atoms with van der Waals surface area (Å²) >= 11 is 0. The number of ether oxygens (including phenoxy) is 2. The van der Waals surface area contributed by atoms with Crippen molar-refractivity contribution in [3.8, 4) is 11.5 Å². The molecular weight excluding hydrogens is 282 g/mol. The third kappa shape index (κ3) is 4.76. The predicted molar refractivity (Wildman–Crippen MR) is 83.0 cm³/mol. The second-order valence-corrected chi connectivity index (χ2v) is 5.61. The molecule has 0 aromatic heterocycles. The summed E-state index contributed by atoms with van der Waals surface area (Å²) in [6.07, 6.45) is 5.66. The third-order valence-electron chi connectivity index (χ3n) is 3.78. The van der Waals surface area contributed by atoms with Gasteiger partial charge in [0.2, 0.25) is 11.8 Å². The van der Waals surface area contributed by atoms with Crippen molar-refractivity contribution in [1.29, 1.82) is 0 Å². The van der Waals surface area contributed by atoms with Gasteiger partial charge in [0.1, 0.15) is 0 Å². The fraction of sp³-hybridized carbons (Fsp3) is 0.529. The van der Waals surface area contributed by atoms with Gasteiger partial charge in [-0.15, -0.1) is 0 Å². The maximum absolute atomic E-state index is 11.5. The molecule has 1 N–H and O–H groups in total. The Morgan fingerprint density at radius 2 is 1.95 bits per heavy atom. The van der Waals surface area contributed by atoms with Gasteiger partial charge in [0, 0.05) is 13.3 Å². The van der Waals surface area contributed by atoms with Gasteiger partial charge in [-0.05, 0) is 49.8 Å². The first-order chi connectivity index (χ1) is 10.6. The highest BCUT2D eigenvalue weighted by atomic mass is 16.5. The summed E-state index contributed by atoms with van der Waals surface area (Å²) in [5.74, 6) is 0.856. The Labute approximate surface area is 131 Å². The van der Waals surface area contributed by atoms with E-state index in [1.54, 1.807) is 7.11 Å². The van der Waals surface area contributed by atoms with Crippen molar-refractivity contribution in [3.05, 3.63) is 23.8 Å². The highest BCUT2D eigenvalue weighted by Crippen LogP contribution is 2.32. The van der Waals surface area contributed by atoms with Crippen molar-refractivity contribution in [2.24, 2.45) is 0 Å². The molecule has 1 fully saturated rings. The van der Waals surface area contributed by atoms with E-state index in [-0.39, 0.29) is 24.3 Å². The number of rotatable bonds is 6. The summed E-state index contributed by atoms with van der Waals surface area (Å²) in [6, 6.07) is 5.71. The summed E-state index contributed by atoms with van der Waals surface area (Å²) in [5, 5.41) is 2.28. The molecule has 1 aromatic rings. The summed E-state index contributed by atoms with van der Waals surface area (Å²) in [5.41, 5.74) is 0.993. The Hall–Kier alpha value is -2.04. The van der Waals surface area contributed by atoms with Gasteiger partial charge in [0.05, 0.1) is 13.2 Å². The fourth-order valence-electron chi connectivity index (χ4n) is 2.67. The van der Waals surface area contributed by atoms with Crippen molar-refractivity contribution in [2.45, 2.75) is 51.6 Å². The van der Waals surface area contributed by atoms with E-state index < -0.39 is 0 Å². The number of benzene rings is 1. The first-order valence-electron chi connectivity index (χ1n) is 7.72. The Morgan fingerprint density at radius 3 is 2.59 bits per heavy atom. The average molecular weight is 305 g/mol. The van der Waals surface area contributed by atoms with E-state index >= 15 is 0 Å². The SMILES string of the molecule is COc1ccc(CCC(=O)NC(C)=O)cc1OC1CCCC1. The van der Waals surface area contributed by atoms with Crippen LogP contribution in [0.25, 0.3) is 0 Å². The van der Waals surface area contributed by atoms with Crippen LogP contribution in [0.15, 0.2) is 18.2 Å². The number of imide groups is 1. The average Bonchev–Trinajstić information content (AvgIpc) is 2.97. The lowest BCUT2D eigenvalue weighted by atomic mass is 10.1. The van der Waals surface area contributed by atoms with Gasteiger partial charge in [-0.1, -0.05) is 6.07 Å². The van der Waals surface area contributed by atoms with Gasteiger partial charge in [-0.2, -0.15) is 0 Å². The molecule has 2 rings (SSSR count). The van der Waals surface area contributed by atoms with E-state index in [0.29, 0.717) is 12.2 Å². The van der Waals surface area contributed by atoms with Crippen LogP contribution >= 0.6 is 0 Å². The third-order valence-corrected chi connectivity index (χ3v) is 3.78. The minimum absolute atomic E-state index is 0.255. The second-order valence-electron chi connectivity index (χ2n) is 5.61. The van der Waals surface area contributed by atoms with Crippen LogP contribution in [0.4, 0.5) is 0 Å². The highest BCUT2D eigenvalue weighted by Gasteiger charge is 2.18. The molecule has 0 aliphatic heterocycles. The topological polar surface area (TPSA) is 64.6 Å². The van der Waals surface area contributed by atoms with Crippen LogP contribution in [-0.4, -0.2) is 25.0 Å². The molecule has 1 aromatic carbocycles. The van der Waals surface area contributed by atoms with E-state index in [0.717, 1.165) is 24.2 Å². The number of methoxy groups -OCH3 is 1. The smallest absolute Gasteiger partial charge is 0.226 e. The molecule has 0 bridgehead atoms. The van der Waals surface area contributed by atoms with Gasteiger partial charge in [0.15, 0.2) is 11.5 Å². The standard InChI is InChI=1S/C17H23NO4/c1-12(19)18-17(20)10-8-13-7-9-15(21-2)16(11-13)22-14-5-3-4-6-14/h7,9,11,14H,3-6,8,10H2,1-2H3,(H,18,19,20). The Kier molecular flexibility index (Phi) is 5.81. The predicted octanol–water partition coefficient (Wildman–Crippen LogP) is 2.61. The van der Waals surface area contributed by atoms with Crippen LogP contribution in [-0.2, 0) is 16.0 Å². The molecule has 0 radical (unpaired) electrons. The van der Waals surface area contributed by atoms with Gasteiger partial charge in [-0.25, -0.2) is 0 Å². The number of carbonyl (C=O) groups excluding carboxylic acids is 2. The molecule has 0 saturated heterocycles. The summed E-state index contributed by atoms with van der Waals surface area (Å²) in [4.78, 5) is 22.4. The van der Waals surface area contributed by atoms with Crippen LogP contribution in [0.2, 0.25) is 0 Å². The Bertz CT molecular complexity index is 535. The molecule has 0 unspecified atom stereocenters. The Morgan fingerprint density at radius 1 is 1.23 bits per heavy atom. The van der Waals surface area contributed by atoms with Gasteiger partial charge < -0.3 is 9.47 Å². The number of nitrogens with one attached hydrogen (secondary N) is 1. The summed E-state index contributed by atoms with van der Waals surface area (Å²) in [7, 11) is 1.62. The molecule has 0 atom stereocenters. The Balaban J connectivity index is 1.99. The van der Waals surface area contributed by atoms with E-state index in [4.69, 9.17) is 9.47 Å². The van der Waals surface area contributed by atoms with Gasteiger partial charge >= 0.3 is 0 Å². The minimum Gasteiger partial charge on any atom is -0.493 e. The first-order valence-corrected chi connectivity index (χ1v) is 7.72. The zero-order valence-corrected chi connectivity index (χ0v) is 13.2. The van der Waals surface area contributed by atoms with Crippen LogP contribution in [0.3, 0.4) is 0 Å². The summed E-state index contributed by atoms with van der Waals surface area (Å²) < 4.78 is 11.4. The molecule has 2 amide bonds. The minimum atomic E-state index is -0.329. The maximum atomic E-state index is 11.5. The number of amides is 2. The lowest BCUT2D eigenvalue weighted by Gasteiger charge is -2.16. The molecule has 1 aliphatic rings. The van der Waals surface area contributed by atoms with Crippen LogP contribution in [0.5, 0.6) is 11.5 Å². The normalized spacial score (nSPS) is 14.6. The molecule has 22 heavy (non-hydrogen) atoms. The van der Waals surface area contributed by atoms with Crippen LogP contribution in [0, 0.1) is 0 Å². The molecular formula is C17H23NO4. The number of aryl methyl sites for hydroxylation is 1. The quantitative estimate of drug-likeness (QED) is 0.877. The largest absolute Gasteiger partial charge is 0.493 e. The fourth-order valence-corrected chi connectivity index (χ4v) is 2.67. The number of carbonyl (C=O) groups is 2. The molecule has 0 heterocycles. The molecule has 5 heteroatoms. The van der Waals surface area contributed by atoms with Crippen molar-refractivity contribution in [3.63, 3.8) is 0 Å². The van der Waals surface area contributed by atoms with E-state index in [1.807, 2.05) is 18.2 Å². The van der Waals surface area contributed by atoms with E-state index in [2.05, 4.69) is 5.32 Å². The maximum Gasteiger partial charge on any atom is 0.226 e. The van der Waals surface area contributed by atoms with Crippen molar-refractivity contribution >= 4 is 11.8 Å². The van der Waals surface area contributed by atoms with Gasteiger partial charge in [-0.3, -0.25) is 14.9 Å². The molecule has 0 spiro atoms. The van der Waals surface area contributed by atoms with E-state index in [1.165, 1.54) is 19.8 Å². The van der Waals surface area contributed by atoms with Crippen LogP contribution < -0.4 is 14.8 Å². The zero-order chi connectivity index (χ0) is 15.9. The van der Waals surface area contributed by atoms with Gasteiger partial charge in [0.25, 0.3) is 0 Å². The molecule has 1 saturated carbocycles. The van der Waals surface area contributed by atoms with Crippen molar-refractivity contribution in [2.75, 3.05) is 7.11 Å². The van der Waals surface area contributed by atoms with Crippen molar-refractivity contribution in [1.82, 2.24) is 5.32 Å². The summed E-state index contributed by atoms with van der Waals surface area (Å²) in [6.45, 7) is 1.33.